The maximum absolute atomic E-state index is 13.6. The molecule has 51 heavy (non-hydrogen) atoms. The normalized spacial score (nSPS) is 16.7. The zero-order chi connectivity index (χ0) is 38.7. The lowest BCUT2D eigenvalue weighted by molar-refractivity contribution is -0.158. The first-order valence-corrected chi connectivity index (χ1v) is 17.1. The molecule has 0 unspecified atom stereocenters. The number of rotatable bonds is 11. The summed E-state index contributed by atoms with van der Waals surface area (Å²) in [6, 6.07) is 3.29. The number of esters is 3. The molecule has 0 atom stereocenters. The molecule has 0 saturated carbocycles. The van der Waals surface area contributed by atoms with E-state index in [2.05, 4.69) is 0 Å². The Morgan fingerprint density at radius 3 is 0.941 bits per heavy atom. The van der Waals surface area contributed by atoms with Crippen LogP contribution in [0, 0.1) is 0 Å². The van der Waals surface area contributed by atoms with Gasteiger partial charge in [0.05, 0.1) is 37.3 Å². The van der Waals surface area contributed by atoms with Crippen LogP contribution < -0.4 is 0 Å². The highest BCUT2D eigenvalue weighted by Gasteiger charge is 2.26. The quantitative estimate of drug-likeness (QED) is 0.193. The maximum Gasteiger partial charge on any atom is 0.335 e. The van der Waals surface area contributed by atoms with Crippen molar-refractivity contribution >= 4 is 35.6 Å². The molecule has 15 nitrogen and oxygen atoms in total. The average molecular weight is 721 g/mol. The number of hydrogen-bond acceptors (Lipinski definition) is 13. The molecule has 1 heterocycles. The van der Waals surface area contributed by atoms with Gasteiger partial charge in [-0.15, -0.1) is 0 Å². The lowest BCUT2D eigenvalue weighted by atomic mass is 10.0. The molecule has 0 aliphatic carbocycles. The number of aromatic carboxylic acids is 2. The third-order valence-electron chi connectivity index (χ3n) is 7.36. The van der Waals surface area contributed by atoms with Crippen molar-refractivity contribution in [2.45, 2.75) is 79.1 Å². The molecule has 0 spiro atoms. The van der Waals surface area contributed by atoms with Crippen molar-refractivity contribution in [1.29, 1.82) is 0 Å². The smallest absolute Gasteiger partial charge is 0.335 e. The number of carbonyl (C=O) groups is 6. The van der Waals surface area contributed by atoms with Gasteiger partial charge in [0, 0.05) is 57.9 Å². The third-order valence-corrected chi connectivity index (χ3v) is 7.36. The van der Waals surface area contributed by atoms with Crippen molar-refractivity contribution in [3.05, 3.63) is 34.9 Å². The summed E-state index contributed by atoms with van der Waals surface area (Å²) >= 11 is 0. The minimum atomic E-state index is -1.37. The summed E-state index contributed by atoms with van der Waals surface area (Å²) in [4.78, 5) is 83.1. The zero-order valence-corrected chi connectivity index (χ0v) is 31.6. The van der Waals surface area contributed by atoms with E-state index in [-0.39, 0.29) is 56.0 Å². The number of nitrogens with zero attached hydrogens (tertiary/aromatic N) is 4. The van der Waals surface area contributed by atoms with E-state index in [1.165, 1.54) is 0 Å². The highest BCUT2D eigenvalue weighted by atomic mass is 16.6. The summed E-state index contributed by atoms with van der Waals surface area (Å²) < 4.78 is 16.7. The van der Waals surface area contributed by atoms with Gasteiger partial charge in [0.15, 0.2) is 5.78 Å². The first kappa shape index (κ1) is 43.2. The van der Waals surface area contributed by atoms with Crippen LogP contribution in [0.15, 0.2) is 18.2 Å². The molecule has 15 heteroatoms. The Balaban J connectivity index is 2.42. The molecule has 1 aliphatic heterocycles. The summed E-state index contributed by atoms with van der Waals surface area (Å²) in [7, 11) is 0. The van der Waals surface area contributed by atoms with Crippen LogP contribution in [0.25, 0.3) is 0 Å². The fraction of sp³-hybridized carbons (Fsp3) is 0.667. The Kier molecular flexibility index (Phi) is 15.7. The van der Waals surface area contributed by atoms with Crippen LogP contribution in [0.5, 0.6) is 0 Å². The van der Waals surface area contributed by atoms with E-state index in [9.17, 15) is 39.0 Å². The van der Waals surface area contributed by atoms with E-state index in [0.29, 0.717) is 39.3 Å². The molecule has 2 N–H and O–H groups in total. The number of carboxylic acid groups (broad SMARTS) is 2. The Morgan fingerprint density at radius 1 is 0.471 bits per heavy atom. The number of ketones is 1. The van der Waals surface area contributed by atoms with Gasteiger partial charge in [-0.3, -0.25) is 38.8 Å². The van der Waals surface area contributed by atoms with Gasteiger partial charge in [-0.05, 0) is 80.5 Å². The highest BCUT2D eigenvalue weighted by Crippen LogP contribution is 2.15. The average Bonchev–Trinajstić information content (AvgIpc) is 2.95. The molecule has 1 aromatic rings. The molecular weight excluding hydrogens is 664 g/mol. The van der Waals surface area contributed by atoms with Crippen LogP contribution in [0.1, 0.15) is 93.4 Å². The van der Waals surface area contributed by atoms with Gasteiger partial charge in [0.2, 0.25) is 0 Å². The van der Waals surface area contributed by atoms with E-state index >= 15 is 0 Å². The summed E-state index contributed by atoms with van der Waals surface area (Å²) in [5.41, 5.74) is -2.80. The third kappa shape index (κ3) is 17.7. The molecule has 1 aliphatic rings. The van der Waals surface area contributed by atoms with Crippen LogP contribution in [0.4, 0.5) is 0 Å². The molecule has 0 aromatic heterocycles. The van der Waals surface area contributed by atoms with Gasteiger partial charge in [0.1, 0.15) is 16.8 Å². The van der Waals surface area contributed by atoms with Crippen molar-refractivity contribution in [1.82, 2.24) is 19.6 Å². The molecule has 286 valence electrons. The summed E-state index contributed by atoms with van der Waals surface area (Å²) in [6.45, 7) is 18.4. The van der Waals surface area contributed by atoms with Crippen molar-refractivity contribution in [3.63, 3.8) is 0 Å². The van der Waals surface area contributed by atoms with E-state index in [4.69, 9.17) is 14.2 Å². The molecule has 1 aromatic carbocycles. The SMILES string of the molecule is CC(C)(C)OC(=O)CN1CCN(CC(=O)OC(C)(C)C)CCN(CC(=O)c2cc(C(=O)O)cc(C(=O)O)c2)CCN(CC(=O)OC(C)(C)C)CC1. The van der Waals surface area contributed by atoms with Crippen LogP contribution in [0.3, 0.4) is 0 Å². The van der Waals surface area contributed by atoms with Gasteiger partial charge in [-0.25, -0.2) is 9.59 Å². The minimum absolute atomic E-state index is 0.00775. The van der Waals surface area contributed by atoms with E-state index < -0.39 is 52.4 Å². The van der Waals surface area contributed by atoms with Crippen molar-refractivity contribution < 1.29 is 53.2 Å². The predicted molar refractivity (Wildman–Crippen MR) is 188 cm³/mol. The van der Waals surface area contributed by atoms with Gasteiger partial charge in [-0.1, -0.05) is 0 Å². The maximum atomic E-state index is 13.6. The van der Waals surface area contributed by atoms with Crippen LogP contribution in [-0.4, -0.2) is 161 Å². The molecule has 2 rings (SSSR count). The Bertz CT molecular complexity index is 1330. The summed E-state index contributed by atoms with van der Waals surface area (Å²) in [6.07, 6.45) is 0. The first-order chi connectivity index (χ1) is 23.4. The molecule has 1 fully saturated rings. The Labute approximate surface area is 300 Å². The van der Waals surface area contributed by atoms with Gasteiger partial charge < -0.3 is 24.4 Å². The largest absolute Gasteiger partial charge is 0.478 e. The lowest BCUT2D eigenvalue weighted by Gasteiger charge is -2.34. The standard InChI is InChI=1S/C36H56N4O11/c1-34(2,3)49-29(42)22-38-12-10-37(21-28(41)25-18-26(32(45)46)20-27(19-25)33(47)48)11-13-39(23-30(43)50-35(4,5)6)15-17-40(16-14-38)24-31(44)51-36(7,8)9/h18-20H,10-17,21-24H2,1-9H3,(H,45,46)(H,47,48). The number of hydrogen-bond donors (Lipinski definition) is 2. The topological polar surface area (TPSA) is 184 Å². The van der Waals surface area contributed by atoms with Gasteiger partial charge in [0.25, 0.3) is 0 Å². The van der Waals surface area contributed by atoms with E-state index in [0.717, 1.165) is 18.2 Å². The fourth-order valence-electron chi connectivity index (χ4n) is 5.21. The van der Waals surface area contributed by atoms with Crippen LogP contribution in [-0.2, 0) is 28.6 Å². The van der Waals surface area contributed by atoms with Gasteiger partial charge in [-0.2, -0.15) is 0 Å². The highest BCUT2D eigenvalue weighted by molar-refractivity contribution is 6.03. The second-order valence-corrected chi connectivity index (χ2v) is 15.7. The number of carboxylic acids is 2. The van der Waals surface area contributed by atoms with Crippen molar-refractivity contribution in [3.8, 4) is 0 Å². The predicted octanol–water partition coefficient (Wildman–Crippen LogP) is 2.51. The summed E-state index contributed by atoms with van der Waals surface area (Å²) in [5, 5.41) is 19.0. The second kappa shape index (κ2) is 18.5. The van der Waals surface area contributed by atoms with Crippen molar-refractivity contribution in [2.24, 2.45) is 0 Å². The molecule has 0 amide bonds. The number of benzene rings is 1. The molecule has 1 saturated heterocycles. The molecular formula is C36H56N4O11. The monoisotopic (exact) mass is 720 g/mol. The van der Waals surface area contributed by atoms with Gasteiger partial charge >= 0.3 is 29.8 Å². The minimum Gasteiger partial charge on any atom is -0.478 e. The molecule has 0 bridgehead atoms. The first-order valence-electron chi connectivity index (χ1n) is 17.1. The number of Topliss-reactive ketones (excluding diaryl/α,β-unsaturated/α-hetero) is 1. The Morgan fingerprint density at radius 2 is 0.706 bits per heavy atom. The Hall–Kier alpha value is -3.92. The second-order valence-electron chi connectivity index (χ2n) is 15.7. The molecule has 0 radical (unpaired) electrons. The van der Waals surface area contributed by atoms with Crippen LogP contribution in [0.2, 0.25) is 0 Å². The number of ether oxygens (including phenoxy) is 3. The van der Waals surface area contributed by atoms with Crippen molar-refractivity contribution in [2.75, 3.05) is 78.5 Å². The number of carbonyl (C=O) groups excluding carboxylic acids is 4. The fourth-order valence-corrected chi connectivity index (χ4v) is 5.21. The van der Waals surface area contributed by atoms with E-state index in [1.54, 1.807) is 62.3 Å². The zero-order valence-electron chi connectivity index (χ0n) is 31.6. The van der Waals surface area contributed by atoms with Crippen LogP contribution >= 0.6 is 0 Å². The lowest BCUT2D eigenvalue weighted by Crippen LogP contribution is -2.50. The summed E-state index contributed by atoms with van der Waals surface area (Å²) in [5.74, 6) is -4.51. The van der Waals surface area contributed by atoms with E-state index in [1.807, 2.05) is 19.6 Å².